The molecule has 0 N–H and O–H groups in total. The van der Waals surface area contributed by atoms with E-state index < -0.39 is 0 Å². The van der Waals surface area contributed by atoms with Crippen molar-refractivity contribution in [3.63, 3.8) is 0 Å². The molecule has 0 aromatic heterocycles. The van der Waals surface area contributed by atoms with Gasteiger partial charge in [-0.2, -0.15) is 5.26 Å². The zero-order chi connectivity index (χ0) is 16.2. The molecule has 1 saturated heterocycles. The summed E-state index contributed by atoms with van der Waals surface area (Å²) in [7, 11) is 2.13. The summed E-state index contributed by atoms with van der Waals surface area (Å²) in [5.74, 6) is 0. The first kappa shape index (κ1) is 15.7. The minimum atomic E-state index is -0.143. The van der Waals surface area contributed by atoms with Gasteiger partial charge in [0, 0.05) is 26.2 Å². The van der Waals surface area contributed by atoms with Crippen molar-refractivity contribution in [2.45, 2.75) is 13.0 Å². The normalized spacial score (nSPS) is 17.6. The number of rotatable bonds is 3. The van der Waals surface area contributed by atoms with Gasteiger partial charge >= 0.3 is 0 Å². The van der Waals surface area contributed by atoms with Crippen molar-refractivity contribution in [3.8, 4) is 17.2 Å². The number of benzene rings is 2. The van der Waals surface area contributed by atoms with E-state index in [9.17, 15) is 5.26 Å². The van der Waals surface area contributed by atoms with Gasteiger partial charge in [-0.3, -0.25) is 4.90 Å². The molecule has 1 heterocycles. The van der Waals surface area contributed by atoms with E-state index >= 15 is 0 Å². The lowest BCUT2D eigenvalue weighted by molar-refractivity contribution is 0.133. The molecule has 1 atom stereocenters. The fraction of sp³-hybridized carbons (Fsp3) is 0.350. The maximum atomic E-state index is 9.61. The van der Waals surface area contributed by atoms with Gasteiger partial charge in [0.05, 0.1) is 6.07 Å². The van der Waals surface area contributed by atoms with E-state index in [4.69, 9.17) is 0 Å². The SMILES string of the molecule is Cc1ccc(-c2ccc(C(C#N)N3CCN(C)CC3)cc2)cc1. The molecule has 23 heavy (non-hydrogen) atoms. The van der Waals surface area contributed by atoms with Gasteiger partial charge < -0.3 is 4.90 Å². The van der Waals surface area contributed by atoms with E-state index in [1.165, 1.54) is 16.7 Å². The van der Waals surface area contributed by atoms with Crippen LogP contribution in [0.3, 0.4) is 0 Å². The zero-order valence-corrected chi connectivity index (χ0v) is 13.9. The van der Waals surface area contributed by atoms with Crippen molar-refractivity contribution >= 4 is 0 Å². The predicted molar refractivity (Wildman–Crippen MR) is 94.0 cm³/mol. The third kappa shape index (κ3) is 3.61. The van der Waals surface area contributed by atoms with Crippen molar-refractivity contribution in [2.24, 2.45) is 0 Å². The molecule has 0 spiro atoms. The van der Waals surface area contributed by atoms with Crippen LogP contribution in [-0.2, 0) is 0 Å². The molecule has 1 aliphatic heterocycles. The molecule has 3 nitrogen and oxygen atoms in total. The Hall–Kier alpha value is -2.15. The minimum absolute atomic E-state index is 0.143. The summed E-state index contributed by atoms with van der Waals surface area (Å²) < 4.78 is 0. The highest BCUT2D eigenvalue weighted by Crippen LogP contribution is 2.25. The Kier molecular flexibility index (Phi) is 4.76. The third-order valence-corrected chi connectivity index (χ3v) is 4.64. The van der Waals surface area contributed by atoms with Crippen LogP contribution in [0, 0.1) is 18.3 Å². The molecule has 0 radical (unpaired) electrons. The standard InChI is InChI=1S/C20H23N3/c1-16-3-5-17(6-4-16)18-7-9-19(10-8-18)20(15-21)23-13-11-22(2)12-14-23/h3-10,20H,11-14H2,1-2H3. The van der Waals surface area contributed by atoms with Crippen molar-refractivity contribution in [2.75, 3.05) is 33.2 Å². The molecule has 118 valence electrons. The molecule has 3 rings (SSSR count). The maximum Gasteiger partial charge on any atom is 0.123 e. The second kappa shape index (κ2) is 6.95. The topological polar surface area (TPSA) is 30.3 Å². The fourth-order valence-electron chi connectivity index (χ4n) is 3.05. The molecule has 3 heteroatoms. The Morgan fingerprint density at radius 2 is 1.39 bits per heavy atom. The molecule has 1 aliphatic rings. The molecule has 0 aliphatic carbocycles. The molecule has 1 fully saturated rings. The fourth-order valence-corrected chi connectivity index (χ4v) is 3.05. The lowest BCUT2D eigenvalue weighted by Gasteiger charge is -2.35. The molecular formula is C20H23N3. The summed E-state index contributed by atoms with van der Waals surface area (Å²) in [5, 5.41) is 9.61. The summed E-state index contributed by atoms with van der Waals surface area (Å²) in [6, 6.07) is 19.3. The minimum Gasteiger partial charge on any atom is -0.304 e. The smallest absolute Gasteiger partial charge is 0.123 e. The summed E-state index contributed by atoms with van der Waals surface area (Å²) >= 11 is 0. The van der Waals surface area contributed by atoms with Crippen molar-refractivity contribution < 1.29 is 0 Å². The average molecular weight is 305 g/mol. The highest BCUT2D eigenvalue weighted by molar-refractivity contribution is 5.64. The van der Waals surface area contributed by atoms with Crippen LogP contribution in [0.1, 0.15) is 17.2 Å². The lowest BCUT2D eigenvalue weighted by atomic mass is 9.99. The average Bonchev–Trinajstić information content (AvgIpc) is 2.59. The van der Waals surface area contributed by atoms with Crippen LogP contribution < -0.4 is 0 Å². The van der Waals surface area contributed by atoms with Crippen LogP contribution in [0.15, 0.2) is 48.5 Å². The first-order valence-electron chi connectivity index (χ1n) is 8.16. The van der Waals surface area contributed by atoms with E-state index in [1.54, 1.807) is 0 Å². The largest absolute Gasteiger partial charge is 0.304 e. The Bertz CT molecular complexity index is 674. The van der Waals surface area contributed by atoms with E-state index in [0.717, 1.165) is 31.7 Å². The second-order valence-electron chi connectivity index (χ2n) is 6.36. The van der Waals surface area contributed by atoms with Crippen molar-refractivity contribution in [1.29, 1.82) is 5.26 Å². The summed E-state index contributed by atoms with van der Waals surface area (Å²) in [4.78, 5) is 4.59. The van der Waals surface area contributed by atoms with E-state index in [2.05, 4.69) is 78.4 Å². The first-order chi connectivity index (χ1) is 11.2. The van der Waals surface area contributed by atoms with Crippen LogP contribution in [0.25, 0.3) is 11.1 Å². The van der Waals surface area contributed by atoms with Crippen LogP contribution in [0.4, 0.5) is 0 Å². The van der Waals surface area contributed by atoms with Crippen LogP contribution in [0.5, 0.6) is 0 Å². The second-order valence-corrected chi connectivity index (χ2v) is 6.36. The Morgan fingerprint density at radius 3 is 1.91 bits per heavy atom. The highest BCUT2D eigenvalue weighted by atomic mass is 15.3. The molecule has 2 aromatic carbocycles. The van der Waals surface area contributed by atoms with Gasteiger partial charge in [0.2, 0.25) is 0 Å². The van der Waals surface area contributed by atoms with E-state index in [-0.39, 0.29) is 6.04 Å². The molecular weight excluding hydrogens is 282 g/mol. The highest BCUT2D eigenvalue weighted by Gasteiger charge is 2.23. The molecule has 2 aromatic rings. The monoisotopic (exact) mass is 305 g/mol. The predicted octanol–water partition coefficient (Wildman–Crippen LogP) is 3.47. The van der Waals surface area contributed by atoms with Crippen molar-refractivity contribution in [1.82, 2.24) is 9.80 Å². The molecule has 0 saturated carbocycles. The number of likely N-dealkylation sites (N-methyl/N-ethyl adjacent to an activating group) is 1. The van der Waals surface area contributed by atoms with Gasteiger partial charge in [-0.1, -0.05) is 54.1 Å². The van der Waals surface area contributed by atoms with Crippen molar-refractivity contribution in [3.05, 3.63) is 59.7 Å². The summed E-state index contributed by atoms with van der Waals surface area (Å²) in [6.45, 7) is 6.06. The number of piperazine rings is 1. The summed E-state index contributed by atoms with van der Waals surface area (Å²) in [5.41, 5.74) is 4.77. The van der Waals surface area contributed by atoms with Gasteiger partial charge in [0.1, 0.15) is 6.04 Å². The lowest BCUT2D eigenvalue weighted by Crippen LogP contribution is -2.45. The Morgan fingerprint density at radius 1 is 0.870 bits per heavy atom. The number of nitrogens with zero attached hydrogens (tertiary/aromatic N) is 3. The number of hydrogen-bond donors (Lipinski definition) is 0. The molecule has 0 amide bonds. The maximum absolute atomic E-state index is 9.61. The summed E-state index contributed by atoms with van der Waals surface area (Å²) in [6.07, 6.45) is 0. The quantitative estimate of drug-likeness (QED) is 0.870. The third-order valence-electron chi connectivity index (χ3n) is 4.64. The van der Waals surface area contributed by atoms with Gasteiger partial charge in [-0.05, 0) is 30.7 Å². The number of nitriles is 1. The van der Waals surface area contributed by atoms with E-state index in [0.29, 0.717) is 0 Å². The number of hydrogen-bond acceptors (Lipinski definition) is 3. The van der Waals surface area contributed by atoms with Crippen LogP contribution in [-0.4, -0.2) is 43.0 Å². The Balaban J connectivity index is 1.77. The van der Waals surface area contributed by atoms with E-state index in [1.807, 2.05) is 0 Å². The molecule has 1 unspecified atom stereocenters. The zero-order valence-electron chi connectivity index (χ0n) is 13.9. The van der Waals surface area contributed by atoms with Crippen LogP contribution >= 0.6 is 0 Å². The van der Waals surface area contributed by atoms with Gasteiger partial charge in [-0.25, -0.2) is 0 Å². The molecule has 0 bridgehead atoms. The van der Waals surface area contributed by atoms with Gasteiger partial charge in [0.25, 0.3) is 0 Å². The first-order valence-corrected chi connectivity index (χ1v) is 8.16. The number of aryl methyl sites for hydroxylation is 1. The van der Waals surface area contributed by atoms with Gasteiger partial charge in [-0.15, -0.1) is 0 Å². The van der Waals surface area contributed by atoms with Gasteiger partial charge in [0.15, 0.2) is 0 Å². The Labute approximate surface area is 138 Å². The van der Waals surface area contributed by atoms with Crippen LogP contribution in [0.2, 0.25) is 0 Å².